The molecule has 0 spiro atoms. The standard InChI is InChI=1S/C9H19NO2S/c1-8(2,3)9(11)6-10(7-9)13(4,5)12/h11H,4,6-7H2,1-3,5H3. The molecule has 1 aliphatic rings. The zero-order valence-electron chi connectivity index (χ0n) is 8.83. The third-order valence-corrected chi connectivity index (χ3v) is 4.17. The second-order valence-electron chi connectivity index (χ2n) is 5.04. The molecule has 0 amide bonds. The Labute approximate surface area is 80.9 Å². The molecule has 0 bridgehead atoms. The minimum absolute atomic E-state index is 0.159. The summed E-state index contributed by atoms with van der Waals surface area (Å²) in [4.78, 5) is 0. The molecule has 0 saturated carbocycles. The molecule has 1 saturated heterocycles. The topological polar surface area (TPSA) is 40.5 Å². The van der Waals surface area contributed by atoms with Crippen molar-refractivity contribution in [1.82, 2.24) is 4.31 Å². The van der Waals surface area contributed by atoms with Gasteiger partial charge in [0.05, 0.1) is 5.60 Å². The molecule has 1 rings (SSSR count). The lowest BCUT2D eigenvalue weighted by molar-refractivity contribution is -0.132. The SMILES string of the molecule is C=S(C)(=O)N1CC(O)(C(C)(C)C)C1. The number of aliphatic hydroxyl groups is 1. The van der Waals surface area contributed by atoms with E-state index in [-0.39, 0.29) is 5.41 Å². The van der Waals surface area contributed by atoms with E-state index in [2.05, 4.69) is 5.87 Å². The highest BCUT2D eigenvalue weighted by Crippen LogP contribution is 2.38. The van der Waals surface area contributed by atoms with Crippen LogP contribution in [0.4, 0.5) is 0 Å². The van der Waals surface area contributed by atoms with E-state index in [1.165, 1.54) is 0 Å². The van der Waals surface area contributed by atoms with Crippen LogP contribution in [0.5, 0.6) is 0 Å². The van der Waals surface area contributed by atoms with Crippen molar-refractivity contribution in [3.63, 3.8) is 0 Å². The van der Waals surface area contributed by atoms with Gasteiger partial charge in [0.25, 0.3) is 0 Å². The Hall–Kier alpha value is -0.0600. The number of nitrogens with zero attached hydrogens (tertiary/aromatic N) is 1. The van der Waals surface area contributed by atoms with Crippen LogP contribution < -0.4 is 0 Å². The van der Waals surface area contributed by atoms with Gasteiger partial charge >= 0.3 is 0 Å². The summed E-state index contributed by atoms with van der Waals surface area (Å²) >= 11 is 0. The van der Waals surface area contributed by atoms with Crippen LogP contribution in [0.3, 0.4) is 0 Å². The summed E-state index contributed by atoms with van der Waals surface area (Å²) in [6, 6.07) is 0. The van der Waals surface area contributed by atoms with Crippen LogP contribution in [0.1, 0.15) is 20.8 Å². The summed E-state index contributed by atoms with van der Waals surface area (Å²) in [6.07, 6.45) is 1.61. The average molecular weight is 205 g/mol. The Morgan fingerprint density at radius 3 is 2.08 bits per heavy atom. The predicted molar refractivity (Wildman–Crippen MR) is 57.2 cm³/mol. The van der Waals surface area contributed by atoms with Crippen molar-refractivity contribution in [2.24, 2.45) is 5.41 Å². The van der Waals surface area contributed by atoms with Gasteiger partial charge in [-0.3, -0.25) is 4.21 Å². The number of β-amino-alcohol motifs (C(OH)–C–C–N with tert-alkyl or cyclic N) is 1. The average Bonchev–Trinajstić information content (AvgIpc) is 1.75. The van der Waals surface area contributed by atoms with Crippen molar-refractivity contribution >= 4 is 15.6 Å². The van der Waals surface area contributed by atoms with Gasteiger partial charge in [-0.25, -0.2) is 4.31 Å². The molecule has 1 aliphatic heterocycles. The van der Waals surface area contributed by atoms with Crippen molar-refractivity contribution in [1.29, 1.82) is 0 Å². The first-order valence-electron chi connectivity index (χ1n) is 4.36. The molecule has 1 unspecified atom stereocenters. The molecule has 1 heterocycles. The maximum Gasteiger partial charge on any atom is 0.0968 e. The fourth-order valence-electron chi connectivity index (χ4n) is 1.28. The maximum atomic E-state index is 11.5. The van der Waals surface area contributed by atoms with Gasteiger partial charge in [-0.15, -0.1) is 0 Å². The van der Waals surface area contributed by atoms with Gasteiger partial charge in [-0.2, -0.15) is 0 Å². The lowest BCUT2D eigenvalue weighted by atomic mass is 9.73. The Kier molecular flexibility index (Phi) is 2.30. The zero-order chi connectivity index (χ0) is 10.5. The summed E-state index contributed by atoms with van der Waals surface area (Å²) in [5.74, 6) is 3.58. The van der Waals surface area contributed by atoms with Crippen LogP contribution >= 0.6 is 0 Å². The first-order valence-corrected chi connectivity index (χ1v) is 6.45. The van der Waals surface area contributed by atoms with E-state index in [1.54, 1.807) is 10.6 Å². The highest BCUT2D eigenvalue weighted by atomic mass is 32.2. The molecule has 0 aliphatic carbocycles. The molecular weight excluding hydrogens is 186 g/mol. The quantitative estimate of drug-likeness (QED) is 0.627. The maximum absolute atomic E-state index is 11.5. The molecule has 0 radical (unpaired) electrons. The van der Waals surface area contributed by atoms with Crippen LogP contribution in [-0.2, 0) is 9.71 Å². The lowest BCUT2D eigenvalue weighted by Crippen LogP contribution is -2.68. The van der Waals surface area contributed by atoms with Crippen molar-refractivity contribution in [2.45, 2.75) is 26.4 Å². The van der Waals surface area contributed by atoms with Gasteiger partial charge in [0.15, 0.2) is 0 Å². The van der Waals surface area contributed by atoms with Gasteiger partial charge in [0.2, 0.25) is 0 Å². The summed E-state index contributed by atoms with van der Waals surface area (Å²) in [5.41, 5.74) is -0.864. The first kappa shape index (κ1) is 11.0. The summed E-state index contributed by atoms with van der Waals surface area (Å²) in [6.45, 7) is 6.91. The third-order valence-electron chi connectivity index (χ3n) is 2.82. The molecule has 0 aromatic heterocycles. The summed E-state index contributed by atoms with van der Waals surface area (Å²) < 4.78 is 13.2. The Bertz CT molecular complexity index is 294. The lowest BCUT2D eigenvalue weighted by Gasteiger charge is -2.53. The van der Waals surface area contributed by atoms with E-state index in [0.29, 0.717) is 13.1 Å². The highest BCUT2D eigenvalue weighted by molar-refractivity contribution is 7.97. The highest BCUT2D eigenvalue weighted by Gasteiger charge is 2.51. The van der Waals surface area contributed by atoms with Crippen LogP contribution in [0.25, 0.3) is 0 Å². The van der Waals surface area contributed by atoms with E-state index < -0.39 is 15.3 Å². The van der Waals surface area contributed by atoms with E-state index >= 15 is 0 Å². The van der Waals surface area contributed by atoms with Crippen LogP contribution in [0.15, 0.2) is 0 Å². The number of hydrogen-bond acceptors (Lipinski definition) is 2. The molecule has 4 heteroatoms. The zero-order valence-corrected chi connectivity index (χ0v) is 9.65. The molecule has 78 valence electrons. The smallest absolute Gasteiger partial charge is 0.0968 e. The molecule has 1 fully saturated rings. The Balaban J connectivity index is 2.69. The van der Waals surface area contributed by atoms with Crippen LogP contribution in [0.2, 0.25) is 0 Å². The van der Waals surface area contributed by atoms with E-state index in [4.69, 9.17) is 0 Å². The summed E-state index contributed by atoms with van der Waals surface area (Å²) in [5, 5.41) is 10.1. The minimum atomic E-state index is -2.12. The fourth-order valence-corrected chi connectivity index (χ4v) is 2.26. The van der Waals surface area contributed by atoms with Gasteiger partial charge < -0.3 is 5.11 Å². The Morgan fingerprint density at radius 1 is 1.46 bits per heavy atom. The van der Waals surface area contributed by atoms with Gasteiger partial charge in [0.1, 0.15) is 0 Å². The van der Waals surface area contributed by atoms with Crippen molar-refractivity contribution < 1.29 is 9.32 Å². The van der Waals surface area contributed by atoms with Crippen LogP contribution in [-0.4, -0.2) is 44.4 Å². The van der Waals surface area contributed by atoms with Crippen molar-refractivity contribution in [3.8, 4) is 0 Å². The van der Waals surface area contributed by atoms with Gasteiger partial charge in [0, 0.05) is 29.1 Å². The first-order chi connectivity index (χ1) is 5.56. The fraction of sp³-hybridized carbons (Fsp3) is 0.889. The second-order valence-corrected chi connectivity index (χ2v) is 7.47. The monoisotopic (exact) mass is 205 g/mol. The molecule has 1 N–H and O–H groups in total. The van der Waals surface area contributed by atoms with E-state index in [1.807, 2.05) is 20.8 Å². The summed E-state index contributed by atoms with van der Waals surface area (Å²) in [7, 11) is -2.12. The van der Waals surface area contributed by atoms with Gasteiger partial charge in [-0.05, 0) is 11.3 Å². The largest absolute Gasteiger partial charge is 0.387 e. The molecule has 3 nitrogen and oxygen atoms in total. The molecule has 0 aromatic carbocycles. The third kappa shape index (κ3) is 1.90. The molecule has 13 heavy (non-hydrogen) atoms. The van der Waals surface area contributed by atoms with E-state index in [9.17, 15) is 9.32 Å². The van der Waals surface area contributed by atoms with Crippen LogP contribution in [0, 0.1) is 5.41 Å². The molecule has 1 atom stereocenters. The van der Waals surface area contributed by atoms with Crippen molar-refractivity contribution in [3.05, 3.63) is 0 Å². The number of rotatable bonds is 1. The minimum Gasteiger partial charge on any atom is -0.387 e. The molecular formula is C9H19NO2S. The van der Waals surface area contributed by atoms with E-state index in [0.717, 1.165) is 0 Å². The number of hydrogen-bond donors (Lipinski definition) is 1. The van der Waals surface area contributed by atoms with Crippen molar-refractivity contribution in [2.75, 3.05) is 19.3 Å². The normalized spacial score (nSPS) is 27.8. The predicted octanol–water partition coefficient (Wildman–Crippen LogP) is 0.340. The Morgan fingerprint density at radius 2 is 1.85 bits per heavy atom. The van der Waals surface area contributed by atoms with Gasteiger partial charge in [-0.1, -0.05) is 20.8 Å². The molecule has 0 aromatic rings. The second kappa shape index (κ2) is 2.72.